The van der Waals surface area contributed by atoms with E-state index in [1.807, 2.05) is 0 Å². The monoisotopic (exact) mass is 247 g/mol. The summed E-state index contributed by atoms with van der Waals surface area (Å²) in [6.07, 6.45) is 4.15. The van der Waals surface area contributed by atoms with Crippen LogP contribution in [0.2, 0.25) is 0 Å². The van der Waals surface area contributed by atoms with Crippen molar-refractivity contribution in [3.05, 3.63) is 54.2 Å². The van der Waals surface area contributed by atoms with Crippen LogP contribution in [0.3, 0.4) is 0 Å². The van der Waals surface area contributed by atoms with Crippen LogP contribution in [0.4, 0.5) is 0 Å². The van der Waals surface area contributed by atoms with Crippen LogP contribution in [0.25, 0.3) is 0 Å². The number of ether oxygens (including phenoxy) is 1. The summed E-state index contributed by atoms with van der Waals surface area (Å²) in [7, 11) is 1.21. The van der Waals surface area contributed by atoms with Crippen molar-refractivity contribution in [2.75, 3.05) is 7.11 Å². The molecule has 1 heterocycles. The van der Waals surface area contributed by atoms with Gasteiger partial charge in [-0.3, -0.25) is 4.98 Å². The third-order valence-corrected chi connectivity index (χ3v) is 1.94. The van der Waals surface area contributed by atoms with E-state index in [1.165, 1.54) is 13.3 Å². The molecule has 0 saturated heterocycles. The molecule has 0 unspecified atom stereocenters. The Hall–Kier alpha value is -2.63. The lowest BCUT2D eigenvalue weighted by molar-refractivity contribution is -0.135. The average Bonchev–Trinajstić information content (AvgIpc) is 2.38. The SMILES string of the molecule is C=C(/C=C(/O)N=C(N)c1cccnc1)C(=O)OC. The second-order valence-electron chi connectivity index (χ2n) is 3.26. The summed E-state index contributed by atoms with van der Waals surface area (Å²) in [5.41, 5.74) is 6.17. The van der Waals surface area contributed by atoms with Crippen molar-refractivity contribution in [2.24, 2.45) is 10.7 Å². The molecule has 6 nitrogen and oxygen atoms in total. The molecular weight excluding hydrogens is 234 g/mol. The highest BCUT2D eigenvalue weighted by molar-refractivity contribution is 5.97. The summed E-state index contributed by atoms with van der Waals surface area (Å²) in [6, 6.07) is 3.38. The summed E-state index contributed by atoms with van der Waals surface area (Å²) < 4.78 is 4.42. The number of hydrogen-bond acceptors (Lipinski definition) is 5. The number of nitrogens with two attached hydrogens (primary N) is 1. The fourth-order valence-electron chi connectivity index (χ4n) is 1.08. The third kappa shape index (κ3) is 3.75. The summed E-state index contributed by atoms with van der Waals surface area (Å²) in [6.45, 7) is 3.41. The molecule has 0 aliphatic carbocycles. The van der Waals surface area contributed by atoms with Crippen molar-refractivity contribution in [2.45, 2.75) is 0 Å². The minimum atomic E-state index is -0.656. The van der Waals surface area contributed by atoms with E-state index in [0.29, 0.717) is 5.56 Å². The number of hydrogen-bond donors (Lipinski definition) is 2. The van der Waals surface area contributed by atoms with E-state index in [9.17, 15) is 9.90 Å². The molecule has 0 radical (unpaired) electrons. The van der Waals surface area contributed by atoms with Gasteiger partial charge in [0.1, 0.15) is 5.84 Å². The average molecular weight is 247 g/mol. The van der Waals surface area contributed by atoms with Gasteiger partial charge in [0, 0.05) is 24.0 Å². The van der Waals surface area contributed by atoms with Crippen LogP contribution < -0.4 is 5.73 Å². The zero-order chi connectivity index (χ0) is 13.5. The van der Waals surface area contributed by atoms with Crippen LogP contribution in [-0.4, -0.2) is 29.0 Å². The molecule has 1 rings (SSSR count). The van der Waals surface area contributed by atoms with Crippen LogP contribution >= 0.6 is 0 Å². The standard InChI is InChI=1S/C12H13N3O3/c1-8(12(17)18-2)6-10(16)15-11(13)9-4-3-5-14-7-9/h3-7,16H,1H2,2H3,(H2,13,15)/b10-6+. The van der Waals surface area contributed by atoms with Gasteiger partial charge < -0.3 is 15.6 Å². The second kappa shape index (κ2) is 6.19. The molecule has 6 heteroatoms. The van der Waals surface area contributed by atoms with E-state index in [2.05, 4.69) is 21.3 Å². The number of carbonyl (C=O) groups is 1. The number of aliphatic imine (C=N–C) groups is 1. The van der Waals surface area contributed by atoms with Crippen molar-refractivity contribution in [1.82, 2.24) is 4.98 Å². The Morgan fingerprint density at radius 3 is 2.94 bits per heavy atom. The normalized spacial score (nSPS) is 12.1. The quantitative estimate of drug-likeness (QED) is 0.206. The summed E-state index contributed by atoms with van der Waals surface area (Å²) >= 11 is 0. The lowest BCUT2D eigenvalue weighted by atomic mass is 10.2. The minimum Gasteiger partial charge on any atom is -0.493 e. The van der Waals surface area contributed by atoms with Crippen LogP contribution in [0.5, 0.6) is 0 Å². The first-order chi connectivity index (χ1) is 8.54. The van der Waals surface area contributed by atoms with E-state index >= 15 is 0 Å². The van der Waals surface area contributed by atoms with E-state index in [1.54, 1.807) is 18.3 Å². The van der Waals surface area contributed by atoms with Gasteiger partial charge in [-0.1, -0.05) is 6.58 Å². The Morgan fingerprint density at radius 1 is 1.67 bits per heavy atom. The number of pyridine rings is 1. The van der Waals surface area contributed by atoms with E-state index in [0.717, 1.165) is 6.08 Å². The number of esters is 1. The Balaban J connectivity index is 2.86. The number of nitrogens with zero attached hydrogens (tertiary/aromatic N) is 2. The predicted octanol–water partition coefficient (Wildman–Crippen LogP) is 0.915. The first-order valence-electron chi connectivity index (χ1n) is 4.97. The second-order valence-corrected chi connectivity index (χ2v) is 3.26. The fraction of sp³-hybridized carbons (Fsp3) is 0.0833. The summed E-state index contributed by atoms with van der Waals surface area (Å²) in [4.78, 5) is 18.6. The van der Waals surface area contributed by atoms with Crippen molar-refractivity contribution in [3.8, 4) is 0 Å². The van der Waals surface area contributed by atoms with Crippen molar-refractivity contribution < 1.29 is 14.6 Å². The van der Waals surface area contributed by atoms with Gasteiger partial charge in [0.05, 0.1) is 12.7 Å². The number of aromatic nitrogens is 1. The Morgan fingerprint density at radius 2 is 2.39 bits per heavy atom. The van der Waals surface area contributed by atoms with Crippen molar-refractivity contribution in [1.29, 1.82) is 0 Å². The largest absolute Gasteiger partial charge is 0.493 e. The summed E-state index contributed by atoms with van der Waals surface area (Å²) in [5, 5.41) is 9.50. The van der Waals surface area contributed by atoms with Gasteiger partial charge in [0.25, 0.3) is 0 Å². The number of carbonyl (C=O) groups excluding carboxylic acids is 1. The van der Waals surface area contributed by atoms with Gasteiger partial charge in [-0.2, -0.15) is 4.99 Å². The van der Waals surface area contributed by atoms with Crippen LogP contribution in [0.1, 0.15) is 5.56 Å². The van der Waals surface area contributed by atoms with Gasteiger partial charge in [0.15, 0.2) is 0 Å². The lowest BCUT2D eigenvalue weighted by Gasteiger charge is -2.00. The lowest BCUT2D eigenvalue weighted by Crippen LogP contribution is -2.13. The Bertz CT molecular complexity index is 507. The van der Waals surface area contributed by atoms with Gasteiger partial charge in [0.2, 0.25) is 5.88 Å². The van der Waals surface area contributed by atoms with Gasteiger partial charge >= 0.3 is 5.97 Å². The molecule has 0 aliphatic heterocycles. The molecule has 0 bridgehead atoms. The number of methoxy groups -OCH3 is 1. The highest BCUT2D eigenvalue weighted by Crippen LogP contribution is 2.03. The van der Waals surface area contributed by atoms with Crippen LogP contribution in [0, 0.1) is 0 Å². The third-order valence-electron chi connectivity index (χ3n) is 1.94. The molecule has 0 fully saturated rings. The number of amidine groups is 1. The van der Waals surface area contributed by atoms with Gasteiger partial charge in [-0.05, 0) is 12.1 Å². The van der Waals surface area contributed by atoms with Crippen LogP contribution in [0.15, 0.2) is 53.6 Å². The topological polar surface area (TPSA) is 97.8 Å². The zero-order valence-corrected chi connectivity index (χ0v) is 9.83. The number of aliphatic hydroxyl groups is 1. The highest BCUT2D eigenvalue weighted by atomic mass is 16.5. The minimum absolute atomic E-state index is 0.0299. The smallest absolute Gasteiger partial charge is 0.337 e. The maximum atomic E-state index is 11.0. The highest BCUT2D eigenvalue weighted by Gasteiger charge is 2.05. The zero-order valence-electron chi connectivity index (χ0n) is 9.83. The molecule has 94 valence electrons. The van der Waals surface area contributed by atoms with Crippen LogP contribution in [-0.2, 0) is 9.53 Å². The molecule has 0 saturated carbocycles. The Kier molecular flexibility index (Phi) is 4.62. The molecule has 0 atom stereocenters. The molecular formula is C12H13N3O3. The van der Waals surface area contributed by atoms with E-state index in [-0.39, 0.29) is 11.4 Å². The molecule has 18 heavy (non-hydrogen) atoms. The molecule has 0 aromatic carbocycles. The summed E-state index contributed by atoms with van der Waals surface area (Å²) in [5.74, 6) is -1.02. The first kappa shape index (κ1) is 13.4. The van der Waals surface area contributed by atoms with E-state index < -0.39 is 11.9 Å². The maximum absolute atomic E-state index is 11.0. The van der Waals surface area contributed by atoms with E-state index in [4.69, 9.17) is 5.73 Å². The molecule has 1 aromatic heterocycles. The predicted molar refractivity (Wildman–Crippen MR) is 66.8 cm³/mol. The molecule has 1 aromatic rings. The molecule has 0 spiro atoms. The van der Waals surface area contributed by atoms with Gasteiger partial charge in [-0.15, -0.1) is 0 Å². The molecule has 3 N–H and O–H groups in total. The maximum Gasteiger partial charge on any atom is 0.337 e. The van der Waals surface area contributed by atoms with Gasteiger partial charge in [-0.25, -0.2) is 4.79 Å². The molecule has 0 amide bonds. The number of rotatable bonds is 4. The van der Waals surface area contributed by atoms with Crippen molar-refractivity contribution in [3.63, 3.8) is 0 Å². The molecule has 0 aliphatic rings. The number of aliphatic hydroxyl groups excluding tert-OH is 1. The Labute approximate surface area is 104 Å². The first-order valence-corrected chi connectivity index (χ1v) is 4.97. The van der Waals surface area contributed by atoms with Crippen molar-refractivity contribution >= 4 is 11.8 Å². The fourth-order valence-corrected chi connectivity index (χ4v) is 1.08.